The molecule has 19 heteroatoms. The zero-order chi connectivity index (χ0) is 67.7. The highest BCUT2D eigenvalue weighted by Crippen LogP contribution is 2.45. The van der Waals surface area contributed by atoms with Crippen LogP contribution >= 0.6 is 15.6 Å². The predicted octanol–water partition coefficient (Wildman–Crippen LogP) is 21.3. The van der Waals surface area contributed by atoms with Crippen molar-refractivity contribution < 1.29 is 80.2 Å². The molecule has 0 spiro atoms. The Labute approximate surface area is 562 Å². The molecule has 0 fully saturated rings. The van der Waals surface area contributed by atoms with Crippen molar-refractivity contribution in [1.29, 1.82) is 0 Å². The maximum absolute atomic E-state index is 13.1. The van der Waals surface area contributed by atoms with E-state index in [0.717, 1.165) is 109 Å². The summed E-state index contributed by atoms with van der Waals surface area (Å²) >= 11 is 0. The van der Waals surface area contributed by atoms with Gasteiger partial charge in [-0.1, -0.05) is 330 Å². The minimum atomic E-state index is -4.95. The molecule has 0 rings (SSSR count). The van der Waals surface area contributed by atoms with E-state index < -0.39 is 97.5 Å². The normalized spacial score (nSPS) is 14.0. The van der Waals surface area contributed by atoms with Gasteiger partial charge in [0.15, 0.2) is 12.2 Å². The van der Waals surface area contributed by atoms with Crippen molar-refractivity contribution in [2.24, 2.45) is 5.92 Å². The number of phosphoric acid groups is 2. The molecule has 92 heavy (non-hydrogen) atoms. The molecule has 0 aliphatic rings. The fourth-order valence-corrected chi connectivity index (χ4v) is 12.8. The van der Waals surface area contributed by atoms with Crippen molar-refractivity contribution in [2.45, 2.75) is 400 Å². The number of hydrogen-bond acceptors (Lipinski definition) is 15. The van der Waals surface area contributed by atoms with Gasteiger partial charge >= 0.3 is 39.5 Å². The Morgan fingerprint density at radius 1 is 0.293 bits per heavy atom. The monoisotopic (exact) mass is 1350 g/mol. The highest BCUT2D eigenvalue weighted by molar-refractivity contribution is 7.47. The first kappa shape index (κ1) is 90.1. The molecule has 546 valence electrons. The van der Waals surface area contributed by atoms with E-state index in [4.69, 9.17) is 37.0 Å². The molecule has 0 saturated heterocycles. The molecule has 0 aromatic heterocycles. The minimum Gasteiger partial charge on any atom is -0.462 e. The Balaban J connectivity index is 5.19. The van der Waals surface area contributed by atoms with Crippen molar-refractivity contribution in [3.05, 3.63) is 0 Å². The van der Waals surface area contributed by atoms with Gasteiger partial charge in [-0.15, -0.1) is 0 Å². The number of phosphoric ester groups is 2. The largest absolute Gasteiger partial charge is 0.472 e. The van der Waals surface area contributed by atoms with E-state index in [1.54, 1.807) is 0 Å². The molecule has 3 N–H and O–H groups in total. The van der Waals surface area contributed by atoms with Crippen LogP contribution in [-0.4, -0.2) is 96.7 Å². The van der Waals surface area contributed by atoms with Crippen molar-refractivity contribution in [1.82, 2.24) is 0 Å². The van der Waals surface area contributed by atoms with E-state index in [2.05, 4.69) is 34.6 Å². The molecule has 0 aliphatic carbocycles. The second kappa shape index (κ2) is 66.3. The third-order valence-electron chi connectivity index (χ3n) is 17.0. The van der Waals surface area contributed by atoms with Gasteiger partial charge in [0.1, 0.15) is 19.3 Å². The third-order valence-corrected chi connectivity index (χ3v) is 18.9. The lowest BCUT2D eigenvalue weighted by Crippen LogP contribution is -2.30. The van der Waals surface area contributed by atoms with Crippen LogP contribution in [0.2, 0.25) is 0 Å². The number of aliphatic hydroxyl groups excluding tert-OH is 1. The van der Waals surface area contributed by atoms with Crippen LogP contribution in [-0.2, 0) is 65.4 Å². The highest BCUT2D eigenvalue weighted by atomic mass is 31.2. The molecular weight excluding hydrogens is 1210 g/mol. The van der Waals surface area contributed by atoms with Gasteiger partial charge < -0.3 is 33.8 Å². The van der Waals surface area contributed by atoms with Crippen LogP contribution in [0.25, 0.3) is 0 Å². The molecule has 2 unspecified atom stereocenters. The number of unbranched alkanes of at least 4 members (excludes halogenated alkanes) is 45. The van der Waals surface area contributed by atoms with Crippen molar-refractivity contribution in [3.63, 3.8) is 0 Å². The topological polar surface area (TPSA) is 237 Å². The predicted molar refractivity (Wildman–Crippen MR) is 372 cm³/mol. The van der Waals surface area contributed by atoms with Gasteiger partial charge in [-0.3, -0.25) is 37.3 Å². The molecule has 0 aliphatic heterocycles. The van der Waals surface area contributed by atoms with E-state index in [1.165, 1.54) is 193 Å². The number of carbonyl (C=O) groups is 4. The fraction of sp³-hybridized carbons (Fsp3) is 0.945. The lowest BCUT2D eigenvalue weighted by molar-refractivity contribution is -0.161. The number of rotatable bonds is 73. The first-order valence-corrected chi connectivity index (χ1v) is 41.1. The number of aliphatic hydroxyl groups is 1. The Morgan fingerprint density at radius 3 is 0.739 bits per heavy atom. The third kappa shape index (κ3) is 66.7. The molecule has 0 aromatic rings. The zero-order valence-corrected chi connectivity index (χ0v) is 61.5. The van der Waals surface area contributed by atoms with Gasteiger partial charge in [0.2, 0.25) is 0 Å². The van der Waals surface area contributed by atoms with E-state index in [9.17, 15) is 43.2 Å². The fourth-order valence-electron chi connectivity index (χ4n) is 11.2. The van der Waals surface area contributed by atoms with Gasteiger partial charge in [0.25, 0.3) is 0 Å². The van der Waals surface area contributed by atoms with Crippen molar-refractivity contribution >= 4 is 39.5 Å². The molecule has 0 radical (unpaired) electrons. The number of carbonyl (C=O) groups excluding carboxylic acids is 4. The second-order valence-electron chi connectivity index (χ2n) is 26.8. The number of esters is 4. The Morgan fingerprint density at radius 2 is 0.500 bits per heavy atom. The Kier molecular flexibility index (Phi) is 64.9. The lowest BCUT2D eigenvalue weighted by Gasteiger charge is -2.21. The summed E-state index contributed by atoms with van der Waals surface area (Å²) in [5.74, 6) is -1.40. The maximum Gasteiger partial charge on any atom is 0.472 e. The van der Waals surface area contributed by atoms with Crippen molar-refractivity contribution in [2.75, 3.05) is 39.6 Å². The Hall–Kier alpha value is -1.94. The molecule has 0 aromatic carbocycles. The summed E-state index contributed by atoms with van der Waals surface area (Å²) in [5.41, 5.74) is 0. The van der Waals surface area contributed by atoms with E-state index in [1.807, 2.05) is 0 Å². The van der Waals surface area contributed by atoms with E-state index >= 15 is 0 Å². The molecule has 0 heterocycles. The van der Waals surface area contributed by atoms with Gasteiger partial charge in [-0.2, -0.15) is 0 Å². The first-order chi connectivity index (χ1) is 44.5. The second-order valence-corrected chi connectivity index (χ2v) is 29.7. The summed E-state index contributed by atoms with van der Waals surface area (Å²) in [5, 5.41) is 10.6. The lowest BCUT2D eigenvalue weighted by atomic mass is 10.0. The molecule has 5 atom stereocenters. The smallest absolute Gasteiger partial charge is 0.462 e. The summed E-state index contributed by atoms with van der Waals surface area (Å²) < 4.78 is 68.3. The SMILES string of the molecule is CCCCCCCCCCCCCCCCCCCCC(=O)O[C@H](COC(=O)CCCCCCCCCCCCCCCCCC)COP(=O)(O)OC[C@@H](O)COP(=O)(O)OC[C@@H](COC(=O)CCCCCCCCC)OC(=O)CCCCCCCCCCC(C)C. The van der Waals surface area contributed by atoms with Crippen LogP contribution in [0.15, 0.2) is 0 Å². The average molecular weight is 1350 g/mol. The summed E-state index contributed by atoms with van der Waals surface area (Å²) in [7, 11) is -9.90. The maximum atomic E-state index is 13.1. The number of hydrogen-bond donors (Lipinski definition) is 3. The summed E-state index contributed by atoms with van der Waals surface area (Å²) in [6.45, 7) is 7.19. The van der Waals surface area contributed by atoms with Crippen LogP contribution in [0.3, 0.4) is 0 Å². The van der Waals surface area contributed by atoms with Crippen LogP contribution in [0.1, 0.15) is 381 Å². The highest BCUT2D eigenvalue weighted by Gasteiger charge is 2.30. The first-order valence-electron chi connectivity index (χ1n) is 38.1. The van der Waals surface area contributed by atoms with Gasteiger partial charge in [0, 0.05) is 25.7 Å². The van der Waals surface area contributed by atoms with E-state index in [0.29, 0.717) is 25.7 Å². The van der Waals surface area contributed by atoms with Gasteiger partial charge in [-0.05, 0) is 31.6 Å². The van der Waals surface area contributed by atoms with Crippen LogP contribution < -0.4 is 0 Å². The van der Waals surface area contributed by atoms with Crippen molar-refractivity contribution in [3.8, 4) is 0 Å². The molecule has 17 nitrogen and oxygen atoms in total. The van der Waals surface area contributed by atoms with Crippen LogP contribution in [0.4, 0.5) is 0 Å². The van der Waals surface area contributed by atoms with Gasteiger partial charge in [-0.25, -0.2) is 9.13 Å². The number of ether oxygens (including phenoxy) is 4. The van der Waals surface area contributed by atoms with Crippen LogP contribution in [0.5, 0.6) is 0 Å². The molecule has 0 saturated carbocycles. The summed E-state index contributed by atoms with van der Waals surface area (Å²) in [6.07, 6.45) is 54.3. The average Bonchev–Trinajstić information content (AvgIpc) is 1.61. The summed E-state index contributed by atoms with van der Waals surface area (Å²) in [4.78, 5) is 72.5. The quantitative estimate of drug-likeness (QED) is 0.0222. The van der Waals surface area contributed by atoms with Gasteiger partial charge in [0.05, 0.1) is 26.4 Å². The standard InChI is InChI=1S/C73H142O17P2/c1-6-9-12-15-18-20-22-24-26-28-29-31-33-35-37-43-48-53-58-72(77)89-69(63-84-71(76)57-52-47-42-36-34-32-30-27-25-23-21-19-16-13-10-7-2)65-88-92(81,82)86-61-67(74)60-85-91(79,80)87-64-68(62-83-70(75)56-51-46-40-17-14-11-8-3)90-73(78)59-54-49-44-39-38-41-45-50-55-66(4)5/h66-69,74H,6-65H2,1-5H3,(H,79,80)(H,81,82)/t67-,68+,69+/m0/s1. The van der Waals surface area contributed by atoms with E-state index in [-0.39, 0.29) is 25.7 Å². The summed E-state index contributed by atoms with van der Waals surface area (Å²) in [6, 6.07) is 0. The zero-order valence-electron chi connectivity index (χ0n) is 59.7. The van der Waals surface area contributed by atoms with Crippen LogP contribution in [0, 0.1) is 5.92 Å². The molecular formula is C73H142O17P2. The molecule has 0 bridgehead atoms. The Bertz CT molecular complexity index is 1770. The minimum absolute atomic E-state index is 0.104. The molecule has 0 amide bonds.